The number of ether oxygens (including phenoxy) is 2. The predicted octanol–water partition coefficient (Wildman–Crippen LogP) is 7.75. The van der Waals surface area contributed by atoms with E-state index in [9.17, 15) is 42.2 Å². The fraction of sp³-hybridized carbons (Fsp3) is 0.491. The number of halogens is 6. The minimum Gasteiger partial charge on any atom is -0.508 e. The van der Waals surface area contributed by atoms with Gasteiger partial charge in [-0.05, 0) is 73.2 Å². The van der Waals surface area contributed by atoms with E-state index in [4.69, 9.17) is 9.47 Å². The number of aromatic nitrogens is 4. The quantitative estimate of drug-likeness (QED) is 0.0412. The first-order chi connectivity index (χ1) is 38.5. The van der Waals surface area contributed by atoms with Crippen molar-refractivity contribution in [2.24, 2.45) is 11.3 Å². The average Bonchev–Trinajstić information content (AvgIpc) is 4.32. The Morgan fingerprint density at radius 2 is 1.67 bits per heavy atom. The average molecular weight is 1150 g/mol. The zero-order valence-corrected chi connectivity index (χ0v) is 46.1. The number of rotatable bonds is 18. The van der Waals surface area contributed by atoms with Gasteiger partial charge in [-0.2, -0.15) is 23.1 Å². The first kappa shape index (κ1) is 57.5. The van der Waals surface area contributed by atoms with Crippen LogP contribution in [-0.4, -0.2) is 153 Å². The number of nitrogens with one attached hydrogen (secondary N) is 3. The van der Waals surface area contributed by atoms with Crippen LogP contribution < -0.4 is 25.6 Å². The fourth-order valence-electron chi connectivity index (χ4n) is 11.5. The molecule has 8 atom stereocenters. The molecule has 4 aliphatic rings. The molecular formula is C57H64F6N10O7S. The van der Waals surface area contributed by atoms with E-state index in [1.54, 1.807) is 31.2 Å². The van der Waals surface area contributed by atoms with Gasteiger partial charge < -0.3 is 45.4 Å². The highest BCUT2D eigenvalue weighted by atomic mass is 32.1. The summed E-state index contributed by atoms with van der Waals surface area (Å²) >= 11 is 1.54. The number of fused-ring (bicyclic) bond motifs is 4. The topological polar surface area (TPSA) is 208 Å². The molecule has 10 rings (SSSR count). The van der Waals surface area contributed by atoms with Crippen molar-refractivity contribution in [3.63, 3.8) is 0 Å². The third-order valence-electron chi connectivity index (χ3n) is 15.8. The molecule has 5 N–H and O–H groups in total. The highest BCUT2D eigenvalue weighted by molar-refractivity contribution is 7.13. The predicted molar refractivity (Wildman–Crippen MR) is 291 cm³/mol. The Balaban J connectivity index is 0.754. The molecule has 0 radical (unpaired) electrons. The lowest BCUT2D eigenvalue weighted by Crippen LogP contribution is -2.63. The molecule has 0 saturated carbocycles. The molecule has 0 aliphatic carbocycles. The van der Waals surface area contributed by atoms with Crippen LogP contribution in [0.4, 0.5) is 32.2 Å². The number of likely N-dealkylation sites (tertiary alicyclic amines) is 2. The van der Waals surface area contributed by atoms with Crippen LogP contribution >= 0.6 is 11.3 Å². The summed E-state index contributed by atoms with van der Waals surface area (Å²) in [5, 5.41) is 30.5. The van der Waals surface area contributed by atoms with Crippen molar-refractivity contribution in [2.45, 2.75) is 115 Å². The van der Waals surface area contributed by atoms with Crippen LogP contribution in [-0.2, 0) is 19.1 Å². The zero-order valence-electron chi connectivity index (χ0n) is 45.3. The van der Waals surface area contributed by atoms with Gasteiger partial charge in [0.25, 0.3) is 0 Å². The van der Waals surface area contributed by atoms with Crippen molar-refractivity contribution in [2.75, 3.05) is 57.4 Å². The van der Waals surface area contributed by atoms with Crippen molar-refractivity contribution < 1.29 is 60.4 Å². The summed E-state index contributed by atoms with van der Waals surface area (Å²) in [5.41, 5.74) is 2.72. The van der Waals surface area contributed by atoms with Crippen molar-refractivity contribution >= 4 is 56.6 Å². The van der Waals surface area contributed by atoms with Crippen molar-refractivity contribution in [3.8, 4) is 33.5 Å². The van der Waals surface area contributed by atoms with Gasteiger partial charge in [-0.3, -0.25) is 24.3 Å². The first-order valence-electron chi connectivity index (χ1n) is 27.1. The van der Waals surface area contributed by atoms with Gasteiger partial charge in [0.1, 0.15) is 41.5 Å². The first-order valence-corrected chi connectivity index (χ1v) is 28.0. The van der Waals surface area contributed by atoms with E-state index in [2.05, 4.69) is 35.9 Å². The van der Waals surface area contributed by atoms with Crippen LogP contribution in [0.15, 0.2) is 60.2 Å². The van der Waals surface area contributed by atoms with Crippen LogP contribution in [0, 0.1) is 35.7 Å². The summed E-state index contributed by atoms with van der Waals surface area (Å²) in [6.45, 7) is 9.26. The number of piperazine rings is 1. The number of aliphatic hydroxyl groups is 1. The van der Waals surface area contributed by atoms with E-state index in [0.29, 0.717) is 13.1 Å². The molecule has 3 amide bonds. The number of hydrogen-bond donors (Lipinski definition) is 5. The molecule has 4 fully saturated rings. The number of anilines is 1. The maximum absolute atomic E-state index is 17.0. The number of thiazole rings is 1. The smallest absolute Gasteiger partial charge is 0.394 e. The van der Waals surface area contributed by atoms with Gasteiger partial charge in [0.2, 0.25) is 17.7 Å². The second kappa shape index (κ2) is 23.3. The molecule has 3 aromatic heterocycles. The maximum atomic E-state index is 17.0. The minimum absolute atomic E-state index is 0.0178. The third kappa shape index (κ3) is 12.3. The molecule has 4 aliphatic heterocycles. The number of carbonyl (C=O) groups is 3. The largest absolute Gasteiger partial charge is 0.508 e. The number of nitrogens with zero attached hydrogens (tertiary/aromatic N) is 7. The van der Waals surface area contributed by atoms with E-state index in [1.807, 2.05) is 43.0 Å². The molecular weight excluding hydrogens is 1080 g/mol. The lowest BCUT2D eigenvalue weighted by Gasteiger charge is -2.48. The van der Waals surface area contributed by atoms with E-state index >= 15 is 8.78 Å². The van der Waals surface area contributed by atoms with Crippen LogP contribution in [0.3, 0.4) is 0 Å². The van der Waals surface area contributed by atoms with Gasteiger partial charge in [0, 0.05) is 81.4 Å². The summed E-state index contributed by atoms with van der Waals surface area (Å²) in [5.74, 6) is -6.92. The maximum Gasteiger partial charge on any atom is 0.394 e. The Kier molecular flexibility index (Phi) is 16.5. The lowest BCUT2D eigenvalue weighted by atomic mass is 9.85. The van der Waals surface area contributed by atoms with E-state index in [0.717, 1.165) is 46.7 Å². The number of pyridine rings is 1. The standard InChI is InChI=1S/C57H64F6N10O7S/c1-29(31-7-9-32(10-8-31)50-30(2)65-28-81-50)66-53(77)42-21-37(75)25-73(42)54(78)51(56(3,4)5)68-44(76)15-18-79-17-6-16-71-26-40(57(61,62)63)43(71)27-80-55-69-49-39(52(70-55)72-23-34-12-13-35(24-72)67-34)22-64-48(47(49)60)38-20-36(74)19-33-11-14-41(58)46(59)45(33)38/h7-11,14,19-20,22,28-29,34-35,37,40,42-43,51,67,74-75H,6,12-13,15-18,21,23-27H2,1-5H3,(H,66,77)(H,68,76)/t29-,34?,35?,37+,40+,42-,43+,51+/m0/s1. The normalized spacial score (nSPS) is 22.0. The highest BCUT2D eigenvalue weighted by Crippen LogP contribution is 2.42. The van der Waals surface area contributed by atoms with E-state index in [1.165, 1.54) is 34.6 Å². The highest BCUT2D eigenvalue weighted by Gasteiger charge is 2.54. The minimum atomic E-state index is -4.59. The zero-order chi connectivity index (χ0) is 57.7. The Morgan fingerprint density at radius 1 is 0.926 bits per heavy atom. The summed E-state index contributed by atoms with van der Waals surface area (Å²) in [4.78, 5) is 64.8. The van der Waals surface area contributed by atoms with Gasteiger partial charge in [-0.15, -0.1) is 11.3 Å². The summed E-state index contributed by atoms with van der Waals surface area (Å²) < 4.78 is 102. The van der Waals surface area contributed by atoms with Crippen molar-refractivity contribution in [3.05, 3.63) is 88.9 Å². The second-order valence-electron chi connectivity index (χ2n) is 22.6. The molecule has 4 saturated heterocycles. The Labute approximate surface area is 467 Å². The van der Waals surface area contributed by atoms with Crippen LogP contribution in [0.2, 0.25) is 0 Å². The number of aliphatic hydroxyl groups excluding tert-OH is 1. The number of β-amino-alcohol motifs (C(OH)–C–C–N with tert-alkyl or cyclic N) is 1. The number of aromatic hydroxyl groups is 1. The van der Waals surface area contributed by atoms with Gasteiger partial charge in [-0.25, -0.2) is 18.2 Å². The number of hydrogen-bond acceptors (Lipinski definition) is 15. The molecule has 3 aromatic carbocycles. The van der Waals surface area contributed by atoms with Crippen molar-refractivity contribution in [1.82, 2.24) is 45.7 Å². The molecule has 2 bridgehead atoms. The lowest BCUT2D eigenvalue weighted by molar-refractivity contribution is -0.234. The number of amides is 3. The molecule has 17 nitrogen and oxygen atoms in total. The number of phenolic OH excluding ortho intramolecular Hbond substituents is 1. The van der Waals surface area contributed by atoms with Gasteiger partial charge >= 0.3 is 12.2 Å². The van der Waals surface area contributed by atoms with Crippen molar-refractivity contribution in [1.29, 1.82) is 0 Å². The molecule has 6 aromatic rings. The third-order valence-corrected chi connectivity index (χ3v) is 16.8. The Morgan fingerprint density at radius 3 is 2.36 bits per heavy atom. The van der Waals surface area contributed by atoms with Gasteiger partial charge in [0.05, 0.1) is 52.2 Å². The fourth-order valence-corrected chi connectivity index (χ4v) is 12.3. The molecule has 0 spiro atoms. The van der Waals surface area contributed by atoms with Crippen LogP contribution in [0.25, 0.3) is 43.4 Å². The molecule has 24 heteroatoms. The van der Waals surface area contributed by atoms with Crippen LogP contribution in [0.1, 0.15) is 77.1 Å². The molecule has 7 heterocycles. The number of benzene rings is 3. The number of phenols is 1. The summed E-state index contributed by atoms with van der Waals surface area (Å²) in [6.07, 6.45) is -2.33. The second-order valence-corrected chi connectivity index (χ2v) is 23.5. The van der Waals surface area contributed by atoms with Gasteiger partial charge in [-0.1, -0.05) is 51.1 Å². The van der Waals surface area contributed by atoms with E-state index in [-0.39, 0.29) is 103 Å². The Bertz CT molecular complexity index is 3320. The molecule has 81 heavy (non-hydrogen) atoms. The van der Waals surface area contributed by atoms with Crippen LogP contribution in [0.5, 0.6) is 11.8 Å². The SMILES string of the molecule is Cc1ncsc1-c1ccc([C@H](C)NC(=O)[C@@H]2C[C@@H](O)CN2C(=O)[C@@H](NC(=O)CCOCCCN2C[C@@H](C(F)(F)F)[C@H]2COc2nc(N3CC4CCC(C3)N4)c3cnc(-c4cc(O)cc5ccc(F)c(F)c45)c(F)c3n2)C(C)(C)C)cc1. The number of alkyl halides is 3. The summed E-state index contributed by atoms with van der Waals surface area (Å²) in [7, 11) is 0. The number of aryl methyl sites for hydroxylation is 1. The number of carbonyl (C=O) groups excluding carboxylic acids is 3. The van der Waals surface area contributed by atoms with Gasteiger partial charge in [0.15, 0.2) is 17.5 Å². The summed E-state index contributed by atoms with van der Waals surface area (Å²) in [6, 6.07) is 8.27. The molecule has 2 unspecified atom stereocenters. The van der Waals surface area contributed by atoms with E-state index < -0.39 is 101 Å². The Hall–Kier alpha value is -6.73. The molecule has 432 valence electrons. The monoisotopic (exact) mass is 1150 g/mol.